The van der Waals surface area contributed by atoms with Crippen molar-refractivity contribution in [3.05, 3.63) is 53.2 Å². The molecule has 1 aromatic heterocycles. The number of aromatic nitrogens is 1. The Morgan fingerprint density at radius 3 is 2.54 bits per heavy atom. The van der Waals surface area contributed by atoms with Gasteiger partial charge in [0.1, 0.15) is 18.2 Å². The van der Waals surface area contributed by atoms with Gasteiger partial charge < -0.3 is 14.7 Å². The standard InChI is InChI=1S/C20H26ClN3O2.2ClH/c1-16-14-18(5-6-19(16)21)26-15-17(25)7-9-23-10-12-24(13-11-23)20-4-2-3-8-22-20;;/h2-6,8,14,17,25H,7,9-13,15H2,1H3;2*1H. The summed E-state index contributed by atoms with van der Waals surface area (Å²) >= 11 is 6.01. The van der Waals surface area contributed by atoms with Gasteiger partial charge in [-0.1, -0.05) is 17.7 Å². The second kappa shape index (κ2) is 12.3. The zero-order valence-electron chi connectivity index (χ0n) is 16.0. The largest absolute Gasteiger partial charge is 0.491 e. The topological polar surface area (TPSA) is 48.8 Å². The van der Waals surface area contributed by atoms with Crippen LogP contribution in [0.1, 0.15) is 12.0 Å². The first-order chi connectivity index (χ1) is 12.6. The third-order valence-electron chi connectivity index (χ3n) is 4.70. The fourth-order valence-electron chi connectivity index (χ4n) is 3.06. The second-order valence-corrected chi connectivity index (χ2v) is 7.09. The predicted molar refractivity (Wildman–Crippen MR) is 120 cm³/mol. The van der Waals surface area contributed by atoms with E-state index in [-0.39, 0.29) is 24.8 Å². The molecule has 1 aromatic carbocycles. The quantitative estimate of drug-likeness (QED) is 0.697. The summed E-state index contributed by atoms with van der Waals surface area (Å²) in [6.45, 7) is 7.02. The van der Waals surface area contributed by atoms with E-state index in [1.165, 1.54) is 0 Å². The van der Waals surface area contributed by atoms with Gasteiger partial charge in [0.2, 0.25) is 0 Å². The van der Waals surface area contributed by atoms with Crippen molar-refractivity contribution in [3.8, 4) is 5.75 Å². The Balaban J connectivity index is 0.00000196. The Labute approximate surface area is 184 Å². The first-order valence-electron chi connectivity index (χ1n) is 9.07. The van der Waals surface area contributed by atoms with Crippen molar-refractivity contribution in [3.63, 3.8) is 0 Å². The zero-order chi connectivity index (χ0) is 18.4. The number of nitrogens with zero attached hydrogens (tertiary/aromatic N) is 3. The van der Waals surface area contributed by atoms with Crippen LogP contribution in [0.2, 0.25) is 5.02 Å². The average Bonchev–Trinajstić information content (AvgIpc) is 2.68. The number of aliphatic hydroxyl groups excluding tert-OH is 1. The molecule has 1 fully saturated rings. The van der Waals surface area contributed by atoms with Crippen LogP contribution in [-0.4, -0.2) is 60.4 Å². The molecule has 1 aliphatic rings. The van der Waals surface area contributed by atoms with Gasteiger partial charge in [-0.2, -0.15) is 0 Å². The number of hydrogen-bond donors (Lipinski definition) is 1. The minimum atomic E-state index is -0.472. The van der Waals surface area contributed by atoms with Crippen molar-refractivity contribution in [1.82, 2.24) is 9.88 Å². The van der Waals surface area contributed by atoms with Crippen molar-refractivity contribution in [1.29, 1.82) is 0 Å². The van der Waals surface area contributed by atoms with E-state index < -0.39 is 6.10 Å². The molecular formula is C20H28Cl3N3O2. The highest BCUT2D eigenvalue weighted by Crippen LogP contribution is 2.21. The Morgan fingerprint density at radius 2 is 1.89 bits per heavy atom. The lowest BCUT2D eigenvalue weighted by molar-refractivity contribution is 0.0866. The van der Waals surface area contributed by atoms with E-state index in [0.717, 1.165) is 54.9 Å². The van der Waals surface area contributed by atoms with E-state index in [1.54, 1.807) is 0 Å². The Bertz CT molecular complexity index is 698. The van der Waals surface area contributed by atoms with Crippen molar-refractivity contribution in [2.24, 2.45) is 0 Å². The van der Waals surface area contributed by atoms with Crippen LogP contribution in [0.4, 0.5) is 5.82 Å². The van der Waals surface area contributed by atoms with Crippen LogP contribution in [-0.2, 0) is 0 Å². The molecule has 5 nitrogen and oxygen atoms in total. The lowest BCUT2D eigenvalue weighted by atomic mass is 10.2. The van der Waals surface area contributed by atoms with Gasteiger partial charge in [0.15, 0.2) is 0 Å². The molecule has 0 amide bonds. The van der Waals surface area contributed by atoms with E-state index in [0.29, 0.717) is 13.0 Å². The average molecular weight is 449 g/mol. The number of pyridine rings is 1. The molecule has 3 rings (SSSR count). The first-order valence-corrected chi connectivity index (χ1v) is 9.45. The number of piperazine rings is 1. The van der Waals surface area contributed by atoms with Gasteiger partial charge in [-0.05, 0) is 49.2 Å². The lowest BCUT2D eigenvalue weighted by Crippen LogP contribution is -2.47. The van der Waals surface area contributed by atoms with Gasteiger partial charge in [0, 0.05) is 43.9 Å². The van der Waals surface area contributed by atoms with Crippen LogP contribution >= 0.6 is 36.4 Å². The number of hydrogen-bond acceptors (Lipinski definition) is 5. The molecule has 0 saturated carbocycles. The highest BCUT2D eigenvalue weighted by Gasteiger charge is 2.18. The Hall–Kier alpha value is -1.24. The molecule has 1 unspecified atom stereocenters. The molecule has 1 atom stereocenters. The molecule has 2 heterocycles. The zero-order valence-corrected chi connectivity index (χ0v) is 18.3. The molecular weight excluding hydrogens is 421 g/mol. The summed E-state index contributed by atoms with van der Waals surface area (Å²) in [6, 6.07) is 11.6. The summed E-state index contributed by atoms with van der Waals surface area (Å²) in [5, 5.41) is 10.9. The summed E-state index contributed by atoms with van der Waals surface area (Å²) in [5.41, 5.74) is 0.976. The number of anilines is 1. The predicted octanol–water partition coefficient (Wildman–Crippen LogP) is 3.84. The van der Waals surface area contributed by atoms with Crippen molar-refractivity contribution in [2.45, 2.75) is 19.4 Å². The first kappa shape index (κ1) is 24.8. The molecule has 28 heavy (non-hydrogen) atoms. The van der Waals surface area contributed by atoms with E-state index in [9.17, 15) is 5.11 Å². The summed E-state index contributed by atoms with van der Waals surface area (Å²) in [6.07, 6.45) is 2.07. The van der Waals surface area contributed by atoms with E-state index in [4.69, 9.17) is 16.3 Å². The maximum absolute atomic E-state index is 10.2. The van der Waals surface area contributed by atoms with E-state index in [2.05, 4.69) is 20.9 Å². The molecule has 0 spiro atoms. The molecule has 1 N–H and O–H groups in total. The summed E-state index contributed by atoms with van der Waals surface area (Å²) < 4.78 is 5.67. The van der Waals surface area contributed by atoms with Crippen molar-refractivity contribution < 1.29 is 9.84 Å². The van der Waals surface area contributed by atoms with E-state index in [1.807, 2.05) is 43.5 Å². The van der Waals surface area contributed by atoms with Gasteiger partial charge in [0.25, 0.3) is 0 Å². The maximum Gasteiger partial charge on any atom is 0.128 e. The molecule has 0 radical (unpaired) electrons. The van der Waals surface area contributed by atoms with Gasteiger partial charge in [0.05, 0.1) is 6.10 Å². The summed E-state index contributed by atoms with van der Waals surface area (Å²) in [7, 11) is 0. The summed E-state index contributed by atoms with van der Waals surface area (Å²) in [5.74, 6) is 1.79. The highest BCUT2D eigenvalue weighted by molar-refractivity contribution is 6.31. The van der Waals surface area contributed by atoms with Crippen LogP contribution in [0, 0.1) is 6.92 Å². The van der Waals surface area contributed by atoms with Crippen LogP contribution in [0.15, 0.2) is 42.6 Å². The van der Waals surface area contributed by atoms with Gasteiger partial charge in [-0.15, -0.1) is 24.8 Å². The molecule has 156 valence electrons. The lowest BCUT2D eigenvalue weighted by Gasteiger charge is -2.35. The highest BCUT2D eigenvalue weighted by atomic mass is 35.5. The summed E-state index contributed by atoms with van der Waals surface area (Å²) in [4.78, 5) is 9.10. The molecule has 0 aliphatic carbocycles. The second-order valence-electron chi connectivity index (χ2n) is 6.68. The number of rotatable bonds is 7. The molecule has 1 saturated heterocycles. The Kier molecular flexibility index (Phi) is 10.9. The van der Waals surface area contributed by atoms with Gasteiger partial charge >= 0.3 is 0 Å². The monoisotopic (exact) mass is 447 g/mol. The molecule has 8 heteroatoms. The molecule has 0 bridgehead atoms. The normalized spacial score (nSPS) is 15.3. The van der Waals surface area contributed by atoms with Crippen LogP contribution in [0.25, 0.3) is 0 Å². The minimum Gasteiger partial charge on any atom is -0.491 e. The van der Waals surface area contributed by atoms with Crippen LogP contribution in [0.3, 0.4) is 0 Å². The van der Waals surface area contributed by atoms with Gasteiger partial charge in [-0.3, -0.25) is 4.90 Å². The fourth-order valence-corrected chi connectivity index (χ4v) is 3.17. The number of benzene rings is 1. The van der Waals surface area contributed by atoms with Crippen molar-refractivity contribution >= 4 is 42.2 Å². The molecule has 1 aliphatic heterocycles. The Morgan fingerprint density at radius 1 is 1.14 bits per heavy atom. The van der Waals surface area contributed by atoms with Crippen molar-refractivity contribution in [2.75, 3.05) is 44.2 Å². The smallest absolute Gasteiger partial charge is 0.128 e. The third-order valence-corrected chi connectivity index (χ3v) is 5.12. The van der Waals surface area contributed by atoms with E-state index >= 15 is 0 Å². The van der Waals surface area contributed by atoms with Gasteiger partial charge in [-0.25, -0.2) is 4.98 Å². The molecule has 2 aromatic rings. The third kappa shape index (κ3) is 7.30. The number of aryl methyl sites for hydroxylation is 1. The SMILES string of the molecule is Cc1cc(OCC(O)CCN2CCN(c3ccccn3)CC2)ccc1Cl.Cl.Cl. The number of ether oxygens (including phenoxy) is 1. The van der Waals surface area contributed by atoms with Crippen LogP contribution in [0.5, 0.6) is 5.75 Å². The minimum absolute atomic E-state index is 0. The fraction of sp³-hybridized carbons (Fsp3) is 0.450. The number of aliphatic hydroxyl groups is 1. The van der Waals surface area contributed by atoms with Crippen LogP contribution < -0.4 is 9.64 Å². The maximum atomic E-state index is 10.2. The number of halogens is 3.